The minimum atomic E-state index is 0. The molecule has 0 saturated carbocycles. The average molecular weight is 274 g/mol. The molecule has 0 amide bonds. The van der Waals surface area contributed by atoms with Gasteiger partial charge < -0.3 is 9.88 Å². The first-order valence-electron chi connectivity index (χ1n) is 5.50. The lowest BCUT2D eigenvalue weighted by Gasteiger charge is -2.11. The molecular formula is C12H17Cl2N3. The highest BCUT2D eigenvalue weighted by Gasteiger charge is 2.20. The Morgan fingerprint density at radius 1 is 1.41 bits per heavy atom. The molecule has 2 aromatic rings. The minimum Gasteiger partial charge on any atom is -0.331 e. The first kappa shape index (κ1) is 14.3. The lowest BCUT2D eigenvalue weighted by molar-refractivity contribution is 0.603. The topological polar surface area (TPSA) is 29.9 Å². The number of fused-ring (bicyclic) bond motifs is 1. The Balaban J connectivity index is 0.000000722. The third kappa shape index (κ3) is 2.41. The molecule has 0 aliphatic carbocycles. The van der Waals surface area contributed by atoms with E-state index in [-0.39, 0.29) is 24.8 Å². The van der Waals surface area contributed by atoms with Crippen molar-refractivity contribution in [2.45, 2.75) is 18.9 Å². The number of hydrogen-bond donors (Lipinski definition) is 1. The summed E-state index contributed by atoms with van der Waals surface area (Å²) < 4.78 is 2.21. The number of aryl methyl sites for hydroxylation is 1. The highest BCUT2D eigenvalue weighted by molar-refractivity contribution is 5.85. The van der Waals surface area contributed by atoms with Crippen molar-refractivity contribution in [2.75, 3.05) is 6.54 Å². The van der Waals surface area contributed by atoms with Gasteiger partial charge in [-0.05, 0) is 37.6 Å². The fourth-order valence-corrected chi connectivity index (χ4v) is 2.45. The van der Waals surface area contributed by atoms with Crippen molar-refractivity contribution < 1.29 is 0 Å². The summed E-state index contributed by atoms with van der Waals surface area (Å²) in [5, 5.41) is 4.77. The SMILES string of the molecule is Cl.Cl.Cn1c(C2CCCN2)cc2cccnc21. The number of aromatic nitrogens is 2. The molecule has 1 atom stereocenters. The summed E-state index contributed by atoms with van der Waals surface area (Å²) in [7, 11) is 2.10. The number of hydrogen-bond acceptors (Lipinski definition) is 2. The molecule has 0 radical (unpaired) electrons. The number of nitrogens with one attached hydrogen (secondary N) is 1. The first-order valence-corrected chi connectivity index (χ1v) is 5.50. The molecule has 1 aliphatic rings. The monoisotopic (exact) mass is 273 g/mol. The predicted octanol–water partition coefficient (Wildman–Crippen LogP) is 2.84. The van der Waals surface area contributed by atoms with E-state index in [2.05, 4.69) is 34.0 Å². The maximum atomic E-state index is 4.41. The van der Waals surface area contributed by atoms with E-state index in [1.807, 2.05) is 12.3 Å². The van der Waals surface area contributed by atoms with Gasteiger partial charge in [0.1, 0.15) is 5.65 Å². The van der Waals surface area contributed by atoms with Gasteiger partial charge >= 0.3 is 0 Å². The molecule has 1 saturated heterocycles. The first-order chi connectivity index (χ1) is 7.36. The predicted molar refractivity (Wildman–Crippen MR) is 75.2 cm³/mol. The minimum absolute atomic E-state index is 0. The maximum Gasteiger partial charge on any atom is 0.139 e. The summed E-state index contributed by atoms with van der Waals surface area (Å²) in [6.07, 6.45) is 4.37. The molecule has 0 bridgehead atoms. The van der Waals surface area contributed by atoms with Gasteiger partial charge in [0.25, 0.3) is 0 Å². The van der Waals surface area contributed by atoms with E-state index in [1.54, 1.807) is 0 Å². The summed E-state index contributed by atoms with van der Waals surface area (Å²) in [4.78, 5) is 4.41. The van der Waals surface area contributed by atoms with Crippen molar-refractivity contribution in [3.05, 3.63) is 30.1 Å². The summed E-state index contributed by atoms with van der Waals surface area (Å²) in [5.41, 5.74) is 2.45. The molecule has 5 heteroatoms. The summed E-state index contributed by atoms with van der Waals surface area (Å²) in [6.45, 7) is 1.14. The molecule has 0 spiro atoms. The smallest absolute Gasteiger partial charge is 0.139 e. The standard InChI is InChI=1S/C12H15N3.2ClH/c1-15-11(10-5-3-6-13-10)8-9-4-2-7-14-12(9)15;;/h2,4,7-8,10,13H,3,5-6H2,1H3;2*1H. The zero-order chi connectivity index (χ0) is 10.3. The molecule has 17 heavy (non-hydrogen) atoms. The highest BCUT2D eigenvalue weighted by atomic mass is 35.5. The summed E-state index contributed by atoms with van der Waals surface area (Å²) in [5.74, 6) is 0. The Morgan fingerprint density at radius 2 is 2.24 bits per heavy atom. The maximum absolute atomic E-state index is 4.41. The fraction of sp³-hybridized carbons (Fsp3) is 0.417. The molecule has 3 heterocycles. The number of rotatable bonds is 1. The Bertz CT molecular complexity index is 489. The third-order valence-electron chi connectivity index (χ3n) is 3.24. The molecule has 3 nitrogen and oxygen atoms in total. The van der Waals surface area contributed by atoms with Gasteiger partial charge in [0, 0.05) is 30.4 Å². The van der Waals surface area contributed by atoms with Crippen LogP contribution in [0.1, 0.15) is 24.6 Å². The molecule has 0 aromatic carbocycles. The van der Waals surface area contributed by atoms with Crippen molar-refractivity contribution in [1.82, 2.24) is 14.9 Å². The molecule has 1 fully saturated rings. The van der Waals surface area contributed by atoms with Gasteiger partial charge in [0.05, 0.1) is 0 Å². The summed E-state index contributed by atoms with van der Waals surface area (Å²) >= 11 is 0. The molecule has 1 aliphatic heterocycles. The lowest BCUT2D eigenvalue weighted by atomic mass is 10.1. The third-order valence-corrected chi connectivity index (χ3v) is 3.24. The zero-order valence-corrected chi connectivity index (χ0v) is 11.4. The normalized spacial score (nSPS) is 18.8. The van der Waals surface area contributed by atoms with Gasteiger partial charge in [0.2, 0.25) is 0 Å². The van der Waals surface area contributed by atoms with E-state index in [1.165, 1.54) is 23.9 Å². The second-order valence-electron chi connectivity index (χ2n) is 4.19. The number of nitrogens with zero attached hydrogens (tertiary/aromatic N) is 2. The van der Waals surface area contributed by atoms with E-state index >= 15 is 0 Å². The molecule has 1 N–H and O–H groups in total. The van der Waals surface area contributed by atoms with Gasteiger partial charge in [-0.15, -0.1) is 24.8 Å². The Hall–Kier alpha value is -0.770. The van der Waals surface area contributed by atoms with Crippen molar-refractivity contribution >= 4 is 35.8 Å². The van der Waals surface area contributed by atoms with Crippen LogP contribution < -0.4 is 5.32 Å². The quantitative estimate of drug-likeness (QED) is 0.866. The van der Waals surface area contributed by atoms with Crippen LogP contribution in [0.3, 0.4) is 0 Å². The number of halogens is 2. The Labute approximate surface area is 113 Å². The Kier molecular flexibility index (Phi) is 4.80. The van der Waals surface area contributed by atoms with Gasteiger partial charge in [-0.3, -0.25) is 0 Å². The van der Waals surface area contributed by atoms with E-state index in [0.717, 1.165) is 12.2 Å². The van der Waals surface area contributed by atoms with Crippen LogP contribution in [0.4, 0.5) is 0 Å². The van der Waals surface area contributed by atoms with E-state index in [0.29, 0.717) is 6.04 Å². The van der Waals surface area contributed by atoms with Crippen LogP contribution in [0.2, 0.25) is 0 Å². The van der Waals surface area contributed by atoms with Crippen LogP contribution in [0.5, 0.6) is 0 Å². The second-order valence-corrected chi connectivity index (χ2v) is 4.19. The van der Waals surface area contributed by atoms with Crippen molar-refractivity contribution in [3.8, 4) is 0 Å². The fourth-order valence-electron chi connectivity index (χ4n) is 2.45. The Morgan fingerprint density at radius 3 is 2.88 bits per heavy atom. The van der Waals surface area contributed by atoms with Crippen molar-refractivity contribution in [3.63, 3.8) is 0 Å². The largest absolute Gasteiger partial charge is 0.331 e. The van der Waals surface area contributed by atoms with Crippen molar-refractivity contribution in [2.24, 2.45) is 7.05 Å². The zero-order valence-electron chi connectivity index (χ0n) is 9.72. The molecule has 1 unspecified atom stereocenters. The van der Waals surface area contributed by atoms with Gasteiger partial charge in [0.15, 0.2) is 0 Å². The molecule has 94 valence electrons. The van der Waals surface area contributed by atoms with Crippen LogP contribution in [0.25, 0.3) is 11.0 Å². The van der Waals surface area contributed by atoms with Gasteiger partial charge in [-0.2, -0.15) is 0 Å². The lowest BCUT2D eigenvalue weighted by Crippen LogP contribution is -2.15. The van der Waals surface area contributed by atoms with Crippen molar-refractivity contribution in [1.29, 1.82) is 0 Å². The summed E-state index contributed by atoms with van der Waals surface area (Å²) in [6, 6.07) is 6.89. The van der Waals surface area contributed by atoms with E-state index < -0.39 is 0 Å². The van der Waals surface area contributed by atoms with Gasteiger partial charge in [-0.25, -0.2) is 4.98 Å². The highest BCUT2D eigenvalue weighted by Crippen LogP contribution is 2.27. The van der Waals surface area contributed by atoms with Crippen LogP contribution in [0.15, 0.2) is 24.4 Å². The van der Waals surface area contributed by atoms with Crippen LogP contribution in [0, 0.1) is 0 Å². The molecule has 3 rings (SSSR count). The van der Waals surface area contributed by atoms with Crippen LogP contribution in [-0.2, 0) is 7.05 Å². The van der Waals surface area contributed by atoms with E-state index in [9.17, 15) is 0 Å². The average Bonchev–Trinajstić information content (AvgIpc) is 2.87. The number of pyridine rings is 1. The molecular weight excluding hydrogens is 257 g/mol. The van der Waals surface area contributed by atoms with Gasteiger partial charge in [-0.1, -0.05) is 0 Å². The molecule has 2 aromatic heterocycles. The second kappa shape index (κ2) is 5.71. The van der Waals surface area contributed by atoms with E-state index in [4.69, 9.17) is 0 Å². The van der Waals surface area contributed by atoms with Crippen LogP contribution >= 0.6 is 24.8 Å². The van der Waals surface area contributed by atoms with Crippen LogP contribution in [-0.4, -0.2) is 16.1 Å².